The Morgan fingerprint density at radius 2 is 1.81 bits per heavy atom. The summed E-state index contributed by atoms with van der Waals surface area (Å²) >= 11 is 0. The molecule has 0 radical (unpaired) electrons. The van der Waals surface area contributed by atoms with Crippen LogP contribution < -0.4 is 19.5 Å². The Morgan fingerprint density at radius 1 is 1.00 bits per heavy atom. The lowest BCUT2D eigenvalue weighted by molar-refractivity contribution is -0.111. The molecule has 0 spiro atoms. The number of furan rings is 1. The van der Waals surface area contributed by atoms with Crippen molar-refractivity contribution < 1.29 is 23.4 Å². The number of carbonyl (C=O) groups excluding carboxylic acids is 1. The molecule has 1 aliphatic rings. The summed E-state index contributed by atoms with van der Waals surface area (Å²) in [6.45, 7) is 9.54. The van der Waals surface area contributed by atoms with E-state index in [2.05, 4.69) is 37.4 Å². The number of benzene rings is 3. The maximum Gasteiger partial charge on any atom is 0.248 e. The molecule has 0 unspecified atom stereocenters. The van der Waals surface area contributed by atoms with Crippen LogP contribution in [0.15, 0.2) is 65.3 Å². The second-order valence-corrected chi connectivity index (χ2v) is 8.92. The van der Waals surface area contributed by atoms with E-state index in [0.717, 1.165) is 33.2 Å². The molecule has 6 nitrogen and oxygen atoms in total. The third-order valence-corrected chi connectivity index (χ3v) is 6.23. The Kier molecular flexibility index (Phi) is 6.42. The van der Waals surface area contributed by atoms with Crippen LogP contribution in [0, 0.1) is 13.8 Å². The Labute approximate surface area is 210 Å². The number of ether oxygens (including phenoxy) is 3. The first-order chi connectivity index (χ1) is 17.4. The van der Waals surface area contributed by atoms with Crippen LogP contribution in [-0.2, 0) is 4.79 Å². The number of carbonyl (C=O) groups is 1. The second kappa shape index (κ2) is 9.82. The fourth-order valence-corrected chi connectivity index (χ4v) is 4.54. The van der Waals surface area contributed by atoms with Gasteiger partial charge in [-0.3, -0.25) is 4.79 Å². The molecule has 0 aliphatic carbocycles. The van der Waals surface area contributed by atoms with Gasteiger partial charge < -0.3 is 23.9 Å². The summed E-state index contributed by atoms with van der Waals surface area (Å²) < 4.78 is 23.0. The Morgan fingerprint density at radius 3 is 2.58 bits per heavy atom. The van der Waals surface area contributed by atoms with Crippen LogP contribution in [0.1, 0.15) is 30.5 Å². The van der Waals surface area contributed by atoms with Crippen LogP contribution in [0.2, 0.25) is 0 Å². The topological polar surface area (TPSA) is 69.9 Å². The molecule has 5 rings (SSSR count). The molecule has 0 atom stereocenters. The van der Waals surface area contributed by atoms with Gasteiger partial charge in [-0.05, 0) is 62.6 Å². The molecule has 1 aromatic heterocycles. The van der Waals surface area contributed by atoms with E-state index in [1.807, 2.05) is 26.0 Å². The summed E-state index contributed by atoms with van der Waals surface area (Å²) in [6.07, 6.45) is 3.37. The Hall–Kier alpha value is -4.19. The zero-order chi connectivity index (χ0) is 25.2. The minimum absolute atomic E-state index is 0.242. The van der Waals surface area contributed by atoms with Crippen LogP contribution in [-0.4, -0.2) is 25.7 Å². The zero-order valence-electron chi connectivity index (χ0n) is 20.9. The van der Waals surface area contributed by atoms with Crippen molar-refractivity contribution in [2.45, 2.75) is 27.7 Å². The van der Waals surface area contributed by atoms with Crippen LogP contribution in [0.4, 0.5) is 5.69 Å². The highest BCUT2D eigenvalue weighted by atomic mass is 16.6. The highest BCUT2D eigenvalue weighted by Crippen LogP contribution is 2.39. The SMILES string of the molecule is CCOc1cc2occ(-c3ccc(C)cc3C)c2cc1/C(C)=C/C(=O)Nc1ccc2c(c1)OCCO2. The standard InChI is InChI=1S/C30H29NO5/c1-5-33-27-16-28-24(25(17-36-28)22-8-6-18(2)12-19(22)3)15-23(27)20(4)13-30(32)31-21-7-9-26-29(14-21)35-11-10-34-26/h6-9,12-17H,5,10-11H2,1-4H3,(H,31,32)/b20-13+. The first-order valence-corrected chi connectivity index (χ1v) is 12.1. The lowest BCUT2D eigenvalue weighted by Gasteiger charge is -2.18. The highest BCUT2D eigenvalue weighted by molar-refractivity contribution is 6.05. The van der Waals surface area contributed by atoms with Crippen LogP contribution in [0.25, 0.3) is 27.7 Å². The van der Waals surface area contributed by atoms with E-state index >= 15 is 0 Å². The molecule has 1 amide bonds. The van der Waals surface area contributed by atoms with Gasteiger partial charge in [0.25, 0.3) is 0 Å². The van der Waals surface area contributed by atoms with Gasteiger partial charge in [-0.2, -0.15) is 0 Å². The largest absolute Gasteiger partial charge is 0.493 e. The van der Waals surface area contributed by atoms with E-state index in [1.165, 1.54) is 11.1 Å². The number of anilines is 1. The van der Waals surface area contributed by atoms with Crippen molar-refractivity contribution >= 4 is 28.1 Å². The van der Waals surface area contributed by atoms with E-state index in [0.29, 0.717) is 42.8 Å². The van der Waals surface area contributed by atoms with E-state index in [-0.39, 0.29) is 5.91 Å². The lowest BCUT2D eigenvalue weighted by atomic mass is 9.96. The molecular formula is C30H29NO5. The van der Waals surface area contributed by atoms with Crippen molar-refractivity contribution in [2.24, 2.45) is 0 Å². The van der Waals surface area contributed by atoms with Crippen molar-refractivity contribution in [3.8, 4) is 28.4 Å². The van der Waals surface area contributed by atoms with Gasteiger partial charge in [-0.1, -0.05) is 23.8 Å². The summed E-state index contributed by atoms with van der Waals surface area (Å²) in [6, 6.07) is 15.7. The van der Waals surface area contributed by atoms with Crippen molar-refractivity contribution in [3.05, 3.63) is 77.6 Å². The summed E-state index contributed by atoms with van der Waals surface area (Å²) in [7, 11) is 0. The molecule has 0 saturated heterocycles. The molecule has 2 heterocycles. The third kappa shape index (κ3) is 4.67. The first kappa shape index (κ1) is 23.5. The predicted molar refractivity (Wildman–Crippen MR) is 142 cm³/mol. The van der Waals surface area contributed by atoms with Crippen molar-refractivity contribution in [2.75, 3.05) is 25.1 Å². The van der Waals surface area contributed by atoms with Crippen LogP contribution in [0.5, 0.6) is 17.2 Å². The molecule has 184 valence electrons. The lowest BCUT2D eigenvalue weighted by Crippen LogP contribution is -2.16. The van der Waals surface area contributed by atoms with Gasteiger partial charge in [0, 0.05) is 40.4 Å². The molecule has 6 heteroatoms. The molecule has 0 fully saturated rings. The number of hydrogen-bond acceptors (Lipinski definition) is 5. The smallest absolute Gasteiger partial charge is 0.248 e. The summed E-state index contributed by atoms with van der Waals surface area (Å²) in [5, 5.41) is 3.89. The average Bonchev–Trinajstić information content (AvgIpc) is 3.26. The first-order valence-electron chi connectivity index (χ1n) is 12.1. The predicted octanol–water partition coefficient (Wildman–Crippen LogP) is 6.93. The zero-order valence-corrected chi connectivity index (χ0v) is 20.9. The number of allylic oxidation sites excluding steroid dienone is 1. The monoisotopic (exact) mass is 483 g/mol. The second-order valence-electron chi connectivity index (χ2n) is 8.92. The minimum atomic E-state index is -0.242. The Balaban J connectivity index is 1.48. The summed E-state index contributed by atoms with van der Waals surface area (Å²) in [5.74, 6) is 1.74. The maximum atomic E-state index is 12.9. The molecule has 3 aromatic carbocycles. The summed E-state index contributed by atoms with van der Waals surface area (Å²) in [5.41, 5.74) is 7.53. The van der Waals surface area contributed by atoms with Gasteiger partial charge in [0.05, 0.1) is 12.9 Å². The Bertz CT molecular complexity index is 1480. The van der Waals surface area contributed by atoms with E-state index in [1.54, 1.807) is 30.5 Å². The number of amides is 1. The van der Waals surface area contributed by atoms with E-state index in [9.17, 15) is 4.79 Å². The van der Waals surface area contributed by atoms with Gasteiger partial charge in [-0.15, -0.1) is 0 Å². The molecule has 0 saturated carbocycles. The number of hydrogen-bond donors (Lipinski definition) is 1. The molecular weight excluding hydrogens is 454 g/mol. The number of aryl methyl sites for hydroxylation is 2. The van der Waals surface area contributed by atoms with E-state index < -0.39 is 0 Å². The van der Waals surface area contributed by atoms with Gasteiger partial charge >= 0.3 is 0 Å². The molecule has 0 bridgehead atoms. The fraction of sp³-hybridized carbons (Fsp3) is 0.233. The fourth-order valence-electron chi connectivity index (χ4n) is 4.54. The normalized spacial score (nSPS) is 13.1. The number of rotatable bonds is 6. The minimum Gasteiger partial charge on any atom is -0.493 e. The highest BCUT2D eigenvalue weighted by Gasteiger charge is 2.17. The van der Waals surface area contributed by atoms with Crippen molar-refractivity contribution in [3.63, 3.8) is 0 Å². The molecule has 1 aliphatic heterocycles. The van der Waals surface area contributed by atoms with E-state index in [4.69, 9.17) is 18.6 Å². The van der Waals surface area contributed by atoms with Gasteiger partial charge in [0.15, 0.2) is 11.5 Å². The van der Waals surface area contributed by atoms with Gasteiger partial charge in [-0.25, -0.2) is 0 Å². The van der Waals surface area contributed by atoms with Crippen molar-refractivity contribution in [1.29, 1.82) is 0 Å². The summed E-state index contributed by atoms with van der Waals surface area (Å²) in [4.78, 5) is 12.9. The molecule has 1 N–H and O–H groups in total. The average molecular weight is 484 g/mol. The molecule has 4 aromatic rings. The number of nitrogens with one attached hydrogen (secondary N) is 1. The van der Waals surface area contributed by atoms with Crippen molar-refractivity contribution in [1.82, 2.24) is 0 Å². The van der Waals surface area contributed by atoms with Gasteiger partial charge in [0.1, 0.15) is 24.5 Å². The van der Waals surface area contributed by atoms with Crippen LogP contribution >= 0.6 is 0 Å². The number of fused-ring (bicyclic) bond motifs is 2. The van der Waals surface area contributed by atoms with Gasteiger partial charge in [0.2, 0.25) is 5.91 Å². The third-order valence-electron chi connectivity index (χ3n) is 6.23. The quantitative estimate of drug-likeness (QED) is 0.301. The molecule has 36 heavy (non-hydrogen) atoms. The maximum absolute atomic E-state index is 12.9. The van der Waals surface area contributed by atoms with Crippen LogP contribution in [0.3, 0.4) is 0 Å².